The van der Waals surface area contributed by atoms with Crippen molar-refractivity contribution in [3.05, 3.63) is 0 Å². The zero-order valence-electron chi connectivity index (χ0n) is 26.3. The molecule has 8 fully saturated rings. The van der Waals surface area contributed by atoms with Crippen molar-refractivity contribution in [2.45, 2.75) is 115 Å². The van der Waals surface area contributed by atoms with Gasteiger partial charge in [0, 0.05) is 48.9 Å². The summed E-state index contributed by atoms with van der Waals surface area (Å²) in [5.41, 5.74) is -8.43. The molecule has 8 rings (SSSR count). The average Bonchev–Trinajstić information content (AvgIpc) is 3.84. The highest BCUT2D eigenvalue weighted by molar-refractivity contribution is 5.99. The standard InChI is InChI=1S/C32H40O13/c1-10-17-19(29(6)30(7,39)26(38)45-32(29)24(10)44-32)21(36)18-16-13(8-15(27(17,18)4)41-11(2)33)28(5)25(42-12(3)34)22-14(43-22)9-31(28,40)23(37)20(16)35/h10,13-19,22-25,37,39-40H,8-9H2,1-7H3/t10-,13-,14-,15-,16+,17-,18+,19-,22-,23-,24-,25-,27+,28-,29-,30+,31-,32+/m0/s1. The molecular weight excluding hydrogens is 592 g/mol. The predicted molar refractivity (Wildman–Crippen MR) is 145 cm³/mol. The monoisotopic (exact) mass is 632 g/mol. The van der Waals surface area contributed by atoms with Gasteiger partial charge in [-0.15, -0.1) is 0 Å². The smallest absolute Gasteiger partial charge is 0.341 e. The molecule has 0 bridgehead atoms. The Bertz CT molecular complexity index is 1490. The van der Waals surface area contributed by atoms with Crippen LogP contribution < -0.4 is 0 Å². The Kier molecular flexibility index (Phi) is 5.42. The van der Waals surface area contributed by atoms with Crippen LogP contribution in [0.2, 0.25) is 0 Å². The number of epoxide rings is 2. The third-order valence-corrected chi connectivity index (χ3v) is 14.4. The van der Waals surface area contributed by atoms with E-state index in [0.717, 1.165) is 0 Å². The van der Waals surface area contributed by atoms with Crippen LogP contribution in [0, 0.1) is 51.8 Å². The van der Waals surface area contributed by atoms with Gasteiger partial charge in [-0.3, -0.25) is 19.2 Å². The van der Waals surface area contributed by atoms with E-state index in [1.807, 2.05) is 6.92 Å². The van der Waals surface area contributed by atoms with Gasteiger partial charge in [0.15, 0.2) is 11.4 Å². The maximum Gasteiger partial charge on any atom is 0.341 e. The second kappa shape index (κ2) is 8.15. The summed E-state index contributed by atoms with van der Waals surface area (Å²) in [6, 6.07) is 0. The van der Waals surface area contributed by atoms with Crippen LogP contribution in [0.3, 0.4) is 0 Å². The van der Waals surface area contributed by atoms with Gasteiger partial charge in [0.1, 0.15) is 41.9 Å². The molecule has 0 amide bonds. The van der Waals surface area contributed by atoms with Crippen LogP contribution in [0.4, 0.5) is 0 Å². The summed E-state index contributed by atoms with van der Waals surface area (Å²) in [6.07, 6.45) is -5.77. The minimum atomic E-state index is -2.12. The first-order chi connectivity index (χ1) is 20.8. The largest absolute Gasteiger partial charge is 0.462 e. The maximum atomic E-state index is 15.2. The number of Topliss-reactive ketones (excluding diaryl/α,β-unsaturated/α-hetero) is 2. The normalized spacial score (nSPS) is 61.3. The molecule has 0 radical (unpaired) electrons. The summed E-state index contributed by atoms with van der Waals surface area (Å²) in [6.45, 7) is 10.7. The van der Waals surface area contributed by atoms with Crippen LogP contribution in [0.25, 0.3) is 0 Å². The minimum absolute atomic E-state index is 0.0199. The molecule has 5 aliphatic carbocycles. The molecule has 8 aliphatic rings. The Balaban J connectivity index is 1.34. The highest BCUT2D eigenvalue weighted by atomic mass is 16.8. The number of aliphatic hydroxyl groups is 3. The first-order valence-electron chi connectivity index (χ1n) is 15.9. The SMILES string of the molecule is CC(=O)O[C@H]1C[C@H]2[C@@H](C(=O)[C@H](O)[C@@]3(O)C[C@@H]4O[C@@H]4[C@H](OC(C)=O)[C@]23C)[C@@H]2C(=O)[C@@H]3[C@H]([C@H](C)[C@@H]4O[C@@]45OC(=O)[C@@](C)(O)[C@]35C)[C@@]12C. The number of rotatable bonds is 2. The zero-order valence-corrected chi connectivity index (χ0v) is 26.3. The Morgan fingerprint density at radius 3 is 2.22 bits per heavy atom. The number of fused-ring (bicyclic) bond motifs is 9. The molecule has 3 aliphatic heterocycles. The van der Waals surface area contributed by atoms with E-state index in [1.54, 1.807) is 20.8 Å². The minimum Gasteiger partial charge on any atom is -0.462 e. The summed E-state index contributed by atoms with van der Waals surface area (Å²) < 4.78 is 29.4. The van der Waals surface area contributed by atoms with E-state index < -0.39 is 135 Å². The first-order valence-corrected chi connectivity index (χ1v) is 15.9. The van der Waals surface area contributed by atoms with E-state index in [1.165, 1.54) is 20.8 Å². The van der Waals surface area contributed by atoms with Crippen LogP contribution in [-0.2, 0) is 47.7 Å². The van der Waals surface area contributed by atoms with E-state index in [2.05, 4.69) is 0 Å². The van der Waals surface area contributed by atoms with Gasteiger partial charge in [0.25, 0.3) is 5.79 Å². The van der Waals surface area contributed by atoms with Crippen LogP contribution in [0.1, 0.15) is 61.3 Å². The van der Waals surface area contributed by atoms with E-state index in [0.29, 0.717) is 0 Å². The lowest BCUT2D eigenvalue weighted by molar-refractivity contribution is -0.274. The lowest BCUT2D eigenvalue weighted by atomic mass is 9.40. The van der Waals surface area contributed by atoms with Crippen molar-refractivity contribution < 1.29 is 63.0 Å². The molecule has 13 nitrogen and oxygen atoms in total. The van der Waals surface area contributed by atoms with Crippen LogP contribution in [0.15, 0.2) is 0 Å². The number of esters is 3. The number of ether oxygens (including phenoxy) is 5. The molecule has 0 aromatic heterocycles. The molecule has 0 aromatic rings. The van der Waals surface area contributed by atoms with Gasteiger partial charge in [-0.1, -0.05) is 20.8 Å². The summed E-state index contributed by atoms with van der Waals surface area (Å²) in [5.74, 6) is -10.1. The lowest BCUT2D eigenvalue weighted by Crippen LogP contribution is -2.77. The van der Waals surface area contributed by atoms with Crippen LogP contribution in [-0.4, -0.2) is 98.4 Å². The number of hydrogen-bond acceptors (Lipinski definition) is 13. The van der Waals surface area contributed by atoms with E-state index >= 15 is 4.79 Å². The fraction of sp³-hybridized carbons (Fsp3) is 0.844. The highest BCUT2D eigenvalue weighted by Crippen LogP contribution is 2.79. The highest BCUT2D eigenvalue weighted by Gasteiger charge is 2.93. The van der Waals surface area contributed by atoms with Crippen molar-refractivity contribution in [3.63, 3.8) is 0 Å². The maximum absolute atomic E-state index is 15.2. The zero-order chi connectivity index (χ0) is 32.8. The third kappa shape index (κ3) is 2.91. The van der Waals surface area contributed by atoms with Crippen molar-refractivity contribution >= 4 is 29.5 Å². The van der Waals surface area contributed by atoms with Crippen molar-refractivity contribution in [1.29, 1.82) is 0 Å². The van der Waals surface area contributed by atoms with Crippen molar-refractivity contribution in [2.24, 2.45) is 51.8 Å². The molecule has 0 unspecified atom stereocenters. The van der Waals surface area contributed by atoms with E-state index in [4.69, 9.17) is 23.7 Å². The van der Waals surface area contributed by atoms with Gasteiger partial charge in [-0.25, -0.2) is 4.79 Å². The quantitative estimate of drug-likeness (QED) is 0.206. The van der Waals surface area contributed by atoms with Crippen LogP contribution >= 0.6 is 0 Å². The second-order valence-electron chi connectivity index (χ2n) is 15.8. The summed E-state index contributed by atoms with van der Waals surface area (Å²) in [4.78, 5) is 67.8. The van der Waals surface area contributed by atoms with E-state index in [9.17, 15) is 34.5 Å². The number of aliphatic hydroxyl groups excluding tert-OH is 1. The average molecular weight is 633 g/mol. The molecule has 13 heteroatoms. The molecule has 45 heavy (non-hydrogen) atoms. The molecule has 18 atom stereocenters. The van der Waals surface area contributed by atoms with Crippen molar-refractivity contribution in [3.8, 4) is 0 Å². The Morgan fingerprint density at radius 2 is 1.60 bits per heavy atom. The summed E-state index contributed by atoms with van der Waals surface area (Å²) >= 11 is 0. The van der Waals surface area contributed by atoms with Gasteiger partial charge in [0.05, 0.1) is 11.5 Å². The van der Waals surface area contributed by atoms with Crippen LogP contribution in [0.5, 0.6) is 0 Å². The van der Waals surface area contributed by atoms with Gasteiger partial charge >= 0.3 is 17.9 Å². The summed E-state index contributed by atoms with van der Waals surface area (Å²) in [7, 11) is 0. The van der Waals surface area contributed by atoms with Crippen molar-refractivity contribution in [1.82, 2.24) is 0 Å². The van der Waals surface area contributed by atoms with Gasteiger partial charge in [0.2, 0.25) is 0 Å². The first kappa shape index (κ1) is 29.9. The summed E-state index contributed by atoms with van der Waals surface area (Å²) in [5, 5.41) is 35.6. The Labute approximate surface area is 259 Å². The molecule has 3 N–H and O–H groups in total. The fourth-order valence-corrected chi connectivity index (χ4v) is 12.1. The predicted octanol–water partition coefficient (Wildman–Crippen LogP) is -0.165. The van der Waals surface area contributed by atoms with Gasteiger partial charge in [-0.2, -0.15) is 0 Å². The number of carbonyl (C=O) groups excluding carboxylic acids is 5. The molecule has 246 valence electrons. The fourth-order valence-electron chi connectivity index (χ4n) is 12.1. The Hall–Kier alpha value is -2.45. The van der Waals surface area contributed by atoms with E-state index in [-0.39, 0.29) is 12.8 Å². The topological polar surface area (TPSA) is 199 Å². The number of hydrogen-bond donors (Lipinski definition) is 3. The van der Waals surface area contributed by atoms with Crippen molar-refractivity contribution in [2.75, 3.05) is 0 Å². The molecule has 3 saturated heterocycles. The third-order valence-electron chi connectivity index (χ3n) is 14.4. The molecule has 1 spiro atoms. The van der Waals surface area contributed by atoms with Gasteiger partial charge < -0.3 is 39.0 Å². The Morgan fingerprint density at radius 1 is 0.956 bits per heavy atom. The second-order valence-corrected chi connectivity index (χ2v) is 15.8. The molecular formula is C32H40O13. The lowest BCUT2D eigenvalue weighted by Gasteiger charge is -2.65. The molecule has 5 saturated carbocycles. The number of ketones is 2. The van der Waals surface area contributed by atoms with Gasteiger partial charge in [-0.05, 0) is 38.0 Å². The molecule has 0 aromatic carbocycles. The molecule has 3 heterocycles. The number of carbonyl (C=O) groups is 5.